The Morgan fingerprint density at radius 1 is 1.23 bits per heavy atom. The molecular weight excluding hydrogens is 497 g/mol. The molecule has 3 amide bonds. The maximum atomic E-state index is 13.0. The average molecular weight is 528 g/mol. The van der Waals surface area contributed by atoms with Crippen LogP contribution in [0.2, 0.25) is 0 Å². The second-order valence-corrected chi connectivity index (χ2v) is 10.8. The summed E-state index contributed by atoms with van der Waals surface area (Å²) in [5, 5.41) is 6.45. The fourth-order valence-electron chi connectivity index (χ4n) is 3.74. The molecule has 0 radical (unpaired) electrons. The number of hydrogen-bond acceptors (Lipinski definition) is 7. The number of nitrogen functional groups attached to an aromatic ring is 1. The highest BCUT2D eigenvalue weighted by atomic mass is 35.5. The van der Waals surface area contributed by atoms with Crippen LogP contribution in [0.15, 0.2) is 28.3 Å². The lowest BCUT2D eigenvalue weighted by molar-refractivity contribution is -0.117. The number of hydrogen-bond donors (Lipinski definition) is 4. The van der Waals surface area contributed by atoms with Crippen LogP contribution in [-0.2, 0) is 9.53 Å². The van der Waals surface area contributed by atoms with Gasteiger partial charge in [-0.2, -0.15) is 0 Å². The van der Waals surface area contributed by atoms with Crippen molar-refractivity contribution in [3.8, 4) is 5.75 Å². The molecule has 0 aromatic heterocycles. The Bertz CT molecular complexity index is 1050. The topological polar surface area (TPSA) is 135 Å². The SMILES string of the molecule is CC(C)(C)OC(=O)N1CCC(Oc2cc(C(=O)NN)ccc2NC(=O)C2NC(C)(C)C(Cl)=C2Cl)C1. The molecule has 2 aliphatic heterocycles. The molecular formula is C23H31Cl2N5O5. The Hall–Kier alpha value is -2.53. The molecule has 1 fully saturated rings. The van der Waals surface area contributed by atoms with Crippen LogP contribution in [0.1, 0.15) is 51.4 Å². The van der Waals surface area contributed by atoms with Gasteiger partial charge < -0.3 is 19.7 Å². The minimum Gasteiger partial charge on any atom is -0.486 e. The van der Waals surface area contributed by atoms with E-state index in [1.54, 1.807) is 25.7 Å². The summed E-state index contributed by atoms with van der Waals surface area (Å²) >= 11 is 12.6. The summed E-state index contributed by atoms with van der Waals surface area (Å²) in [6.07, 6.45) is -0.264. The van der Waals surface area contributed by atoms with E-state index in [0.29, 0.717) is 23.7 Å². The molecule has 5 N–H and O–H groups in total. The highest BCUT2D eigenvalue weighted by Crippen LogP contribution is 2.36. The van der Waals surface area contributed by atoms with Crippen molar-refractivity contribution in [3.05, 3.63) is 33.8 Å². The summed E-state index contributed by atoms with van der Waals surface area (Å²) in [6, 6.07) is 3.67. The van der Waals surface area contributed by atoms with Crippen LogP contribution in [0.5, 0.6) is 5.75 Å². The van der Waals surface area contributed by atoms with Crippen LogP contribution >= 0.6 is 23.2 Å². The zero-order valence-corrected chi connectivity index (χ0v) is 21.8. The van der Waals surface area contributed by atoms with Crippen LogP contribution < -0.4 is 26.6 Å². The highest BCUT2D eigenvalue weighted by Gasteiger charge is 2.41. The van der Waals surface area contributed by atoms with Gasteiger partial charge in [-0.15, -0.1) is 0 Å². The van der Waals surface area contributed by atoms with Gasteiger partial charge in [-0.3, -0.25) is 20.3 Å². The quantitative estimate of drug-likeness (QED) is 0.262. The fraction of sp³-hybridized carbons (Fsp3) is 0.522. The number of nitrogens with two attached hydrogens (primary N) is 1. The first kappa shape index (κ1) is 27.1. The smallest absolute Gasteiger partial charge is 0.410 e. The van der Waals surface area contributed by atoms with E-state index in [4.69, 9.17) is 38.5 Å². The van der Waals surface area contributed by atoms with E-state index in [1.165, 1.54) is 18.2 Å². The van der Waals surface area contributed by atoms with Crippen LogP contribution in [0, 0.1) is 0 Å². The highest BCUT2D eigenvalue weighted by molar-refractivity contribution is 6.42. The molecule has 10 nitrogen and oxygen atoms in total. The van der Waals surface area contributed by atoms with Crippen molar-refractivity contribution < 1.29 is 23.9 Å². The van der Waals surface area contributed by atoms with E-state index in [9.17, 15) is 14.4 Å². The second-order valence-electron chi connectivity index (χ2n) is 9.99. The van der Waals surface area contributed by atoms with Crippen molar-refractivity contribution in [1.29, 1.82) is 0 Å². The van der Waals surface area contributed by atoms with Crippen molar-refractivity contribution in [1.82, 2.24) is 15.6 Å². The van der Waals surface area contributed by atoms with Gasteiger partial charge in [-0.25, -0.2) is 10.6 Å². The second kappa shape index (κ2) is 10.2. The first-order valence-corrected chi connectivity index (χ1v) is 11.9. The van der Waals surface area contributed by atoms with Gasteiger partial charge in [0, 0.05) is 18.5 Å². The number of carbonyl (C=O) groups is 3. The van der Waals surface area contributed by atoms with Crippen LogP contribution in [0.3, 0.4) is 0 Å². The lowest BCUT2D eigenvalue weighted by atomic mass is 10.1. The number of halogens is 2. The zero-order chi connectivity index (χ0) is 26.1. The summed E-state index contributed by atoms with van der Waals surface area (Å²) in [7, 11) is 0. The number of nitrogens with zero attached hydrogens (tertiary/aromatic N) is 1. The average Bonchev–Trinajstić information content (AvgIpc) is 3.31. The molecule has 12 heteroatoms. The Labute approximate surface area is 214 Å². The summed E-state index contributed by atoms with van der Waals surface area (Å²) in [6.45, 7) is 9.77. The number of likely N-dealkylation sites (tertiary alicyclic amines) is 1. The molecule has 35 heavy (non-hydrogen) atoms. The Kier molecular flexibility index (Phi) is 7.90. The number of ether oxygens (including phenoxy) is 2. The van der Waals surface area contributed by atoms with Crippen molar-refractivity contribution >= 4 is 46.8 Å². The molecule has 0 spiro atoms. The van der Waals surface area contributed by atoms with E-state index in [1.807, 2.05) is 13.8 Å². The first-order chi connectivity index (χ1) is 16.2. The lowest BCUT2D eigenvalue weighted by Gasteiger charge is -2.24. The van der Waals surface area contributed by atoms with Gasteiger partial charge in [0.1, 0.15) is 23.5 Å². The standard InChI is InChI=1S/C23H31Cl2N5O5/c1-22(2,3)35-21(33)30-9-8-13(11-30)34-15-10-12(19(31)29-26)6-7-14(15)27-20(32)17-16(24)18(25)23(4,5)28-17/h6-7,10,13,17,28H,8-9,11,26H2,1-5H3,(H,27,32)(H,29,31). The van der Waals surface area contributed by atoms with Gasteiger partial charge >= 0.3 is 6.09 Å². The van der Waals surface area contributed by atoms with Crippen LogP contribution in [0.25, 0.3) is 0 Å². The largest absolute Gasteiger partial charge is 0.486 e. The summed E-state index contributed by atoms with van der Waals surface area (Å²) in [4.78, 5) is 39.1. The molecule has 2 aliphatic rings. The van der Waals surface area contributed by atoms with E-state index < -0.39 is 35.1 Å². The molecule has 3 rings (SSSR count). The molecule has 2 unspecified atom stereocenters. The molecule has 2 heterocycles. The van der Waals surface area contributed by atoms with Crippen LogP contribution in [0.4, 0.5) is 10.5 Å². The third kappa shape index (κ3) is 6.38. The number of anilines is 1. The number of carbonyl (C=O) groups excluding carboxylic acids is 3. The van der Waals surface area contributed by atoms with E-state index in [2.05, 4.69) is 16.1 Å². The molecule has 1 aromatic carbocycles. The predicted molar refractivity (Wildman–Crippen MR) is 133 cm³/mol. The predicted octanol–water partition coefficient (Wildman–Crippen LogP) is 3.06. The zero-order valence-electron chi connectivity index (χ0n) is 20.3. The summed E-state index contributed by atoms with van der Waals surface area (Å²) < 4.78 is 11.6. The minimum atomic E-state index is -0.854. The first-order valence-electron chi connectivity index (χ1n) is 11.2. The summed E-state index contributed by atoms with van der Waals surface area (Å²) in [5.74, 6) is 4.55. The van der Waals surface area contributed by atoms with Gasteiger partial charge in [0.15, 0.2) is 0 Å². The third-order valence-corrected chi connectivity index (χ3v) is 6.68. The van der Waals surface area contributed by atoms with E-state index in [-0.39, 0.29) is 29.0 Å². The monoisotopic (exact) mass is 527 g/mol. The van der Waals surface area contributed by atoms with Crippen molar-refractivity contribution in [2.75, 3.05) is 18.4 Å². The number of hydrazine groups is 1. The molecule has 1 saturated heterocycles. The van der Waals surface area contributed by atoms with Crippen molar-refractivity contribution in [2.45, 2.75) is 64.3 Å². The third-order valence-electron chi connectivity index (χ3n) is 5.50. The molecule has 1 aromatic rings. The Morgan fingerprint density at radius 2 is 1.91 bits per heavy atom. The molecule has 192 valence electrons. The number of rotatable bonds is 5. The van der Waals surface area contributed by atoms with Gasteiger partial charge in [0.2, 0.25) is 5.91 Å². The maximum absolute atomic E-state index is 13.0. The summed E-state index contributed by atoms with van der Waals surface area (Å²) in [5.41, 5.74) is 1.37. The minimum absolute atomic E-state index is 0.208. The molecule has 2 atom stereocenters. The lowest BCUT2D eigenvalue weighted by Crippen LogP contribution is -2.45. The van der Waals surface area contributed by atoms with Crippen molar-refractivity contribution in [3.63, 3.8) is 0 Å². The van der Waals surface area contributed by atoms with Crippen molar-refractivity contribution in [2.24, 2.45) is 5.84 Å². The molecule has 0 aliphatic carbocycles. The number of benzene rings is 1. The van der Waals surface area contributed by atoms with E-state index in [0.717, 1.165) is 0 Å². The molecule has 0 saturated carbocycles. The van der Waals surface area contributed by atoms with Gasteiger partial charge in [-0.1, -0.05) is 23.2 Å². The van der Waals surface area contributed by atoms with Gasteiger partial charge in [0.25, 0.3) is 5.91 Å². The fourth-order valence-corrected chi connectivity index (χ4v) is 4.30. The van der Waals surface area contributed by atoms with Gasteiger partial charge in [-0.05, 0) is 52.8 Å². The van der Waals surface area contributed by atoms with E-state index >= 15 is 0 Å². The normalized spacial score (nSPS) is 21.7. The van der Waals surface area contributed by atoms with Crippen LogP contribution in [-0.4, -0.2) is 59.2 Å². The van der Waals surface area contributed by atoms with Gasteiger partial charge in [0.05, 0.1) is 27.8 Å². The Balaban J connectivity index is 1.78. The molecule has 0 bridgehead atoms. The maximum Gasteiger partial charge on any atom is 0.410 e. The Morgan fingerprint density at radius 3 is 2.49 bits per heavy atom. The number of nitrogens with one attached hydrogen (secondary N) is 3. The number of amides is 3.